The number of para-hydroxylation sites is 1. The van der Waals surface area contributed by atoms with Gasteiger partial charge in [0.2, 0.25) is 5.91 Å². The molecule has 0 aliphatic carbocycles. The van der Waals surface area contributed by atoms with Crippen molar-refractivity contribution < 1.29 is 14.3 Å². The van der Waals surface area contributed by atoms with E-state index in [1.54, 1.807) is 24.3 Å². The van der Waals surface area contributed by atoms with Crippen LogP contribution >= 0.6 is 0 Å². The number of carbonyl (C=O) groups is 1. The molecule has 1 unspecified atom stereocenters. The summed E-state index contributed by atoms with van der Waals surface area (Å²) in [7, 11) is 1.89. The first-order valence-electron chi connectivity index (χ1n) is 8.47. The molecule has 1 amide bonds. The molecule has 1 aliphatic rings. The summed E-state index contributed by atoms with van der Waals surface area (Å²) in [6.45, 7) is 3.53. The molecule has 0 fully saturated rings. The Balaban J connectivity index is 1.64. The Bertz CT molecular complexity index is 844. The molecule has 134 valence electrons. The highest BCUT2D eigenvalue weighted by atomic mass is 16.6. The standard InChI is InChI=1S/C20H21N3O3/c1-14(20(24)22-17-6-4-3-5-16(17)12-21)23(2)13-15-7-8-18-19(11-15)26-10-9-25-18/h3-8,11,14H,9-10,13H2,1-2H3,(H,22,24). The fourth-order valence-electron chi connectivity index (χ4n) is 2.74. The van der Waals surface area contributed by atoms with Crippen molar-refractivity contribution in [1.29, 1.82) is 5.26 Å². The molecule has 1 N–H and O–H groups in total. The monoisotopic (exact) mass is 351 g/mol. The van der Waals surface area contributed by atoms with Gasteiger partial charge in [0.15, 0.2) is 11.5 Å². The summed E-state index contributed by atoms with van der Waals surface area (Å²) in [5.74, 6) is 1.33. The Kier molecular flexibility index (Phi) is 5.40. The van der Waals surface area contributed by atoms with Crippen LogP contribution in [-0.4, -0.2) is 37.1 Å². The molecule has 26 heavy (non-hydrogen) atoms. The molecule has 2 aromatic carbocycles. The number of likely N-dealkylation sites (N-methyl/N-ethyl adjacent to an activating group) is 1. The first kappa shape index (κ1) is 17.8. The van der Waals surface area contributed by atoms with Gasteiger partial charge >= 0.3 is 0 Å². The fourth-order valence-corrected chi connectivity index (χ4v) is 2.74. The minimum Gasteiger partial charge on any atom is -0.486 e. The van der Waals surface area contributed by atoms with E-state index in [0.29, 0.717) is 31.0 Å². The summed E-state index contributed by atoms with van der Waals surface area (Å²) in [5.41, 5.74) is 2.01. The fraction of sp³-hybridized carbons (Fsp3) is 0.300. The van der Waals surface area contributed by atoms with Crippen LogP contribution in [0.3, 0.4) is 0 Å². The number of anilines is 1. The second-order valence-corrected chi connectivity index (χ2v) is 6.22. The molecule has 0 bridgehead atoms. The zero-order valence-corrected chi connectivity index (χ0v) is 14.9. The van der Waals surface area contributed by atoms with E-state index in [1.807, 2.05) is 37.1 Å². The Morgan fingerprint density at radius 3 is 2.73 bits per heavy atom. The third kappa shape index (κ3) is 3.95. The average molecular weight is 351 g/mol. The van der Waals surface area contributed by atoms with Crippen LogP contribution in [0.2, 0.25) is 0 Å². The van der Waals surface area contributed by atoms with Gasteiger partial charge in [0, 0.05) is 6.54 Å². The lowest BCUT2D eigenvalue weighted by atomic mass is 10.1. The van der Waals surface area contributed by atoms with Crippen molar-refractivity contribution in [3.05, 3.63) is 53.6 Å². The molecule has 6 nitrogen and oxygen atoms in total. The topological polar surface area (TPSA) is 74.6 Å². The smallest absolute Gasteiger partial charge is 0.241 e. The van der Waals surface area contributed by atoms with E-state index in [4.69, 9.17) is 14.7 Å². The molecule has 1 atom stereocenters. The van der Waals surface area contributed by atoms with Crippen LogP contribution in [0.25, 0.3) is 0 Å². The molecular formula is C20H21N3O3. The Hall–Kier alpha value is -3.04. The van der Waals surface area contributed by atoms with Crippen LogP contribution in [0, 0.1) is 11.3 Å². The van der Waals surface area contributed by atoms with Crippen LogP contribution in [-0.2, 0) is 11.3 Å². The number of ether oxygens (including phenoxy) is 2. The lowest BCUT2D eigenvalue weighted by molar-refractivity contribution is -0.120. The Morgan fingerprint density at radius 1 is 1.23 bits per heavy atom. The lowest BCUT2D eigenvalue weighted by Gasteiger charge is -2.25. The number of fused-ring (bicyclic) bond motifs is 1. The van der Waals surface area contributed by atoms with Gasteiger partial charge in [0.05, 0.1) is 17.3 Å². The van der Waals surface area contributed by atoms with Gasteiger partial charge in [0.1, 0.15) is 19.3 Å². The van der Waals surface area contributed by atoms with Gasteiger partial charge in [-0.2, -0.15) is 5.26 Å². The lowest BCUT2D eigenvalue weighted by Crippen LogP contribution is -2.39. The van der Waals surface area contributed by atoms with Gasteiger partial charge in [0.25, 0.3) is 0 Å². The zero-order chi connectivity index (χ0) is 18.5. The summed E-state index contributed by atoms with van der Waals surface area (Å²) < 4.78 is 11.1. The zero-order valence-electron chi connectivity index (χ0n) is 14.9. The minimum atomic E-state index is -0.366. The van der Waals surface area contributed by atoms with E-state index in [-0.39, 0.29) is 11.9 Å². The minimum absolute atomic E-state index is 0.159. The van der Waals surface area contributed by atoms with Crippen molar-refractivity contribution >= 4 is 11.6 Å². The predicted molar refractivity (Wildman–Crippen MR) is 98.1 cm³/mol. The van der Waals surface area contributed by atoms with Gasteiger partial charge in [-0.15, -0.1) is 0 Å². The SMILES string of the molecule is CC(C(=O)Nc1ccccc1C#N)N(C)Cc1ccc2c(c1)OCCO2. The summed E-state index contributed by atoms with van der Waals surface area (Å²) >= 11 is 0. The van der Waals surface area contributed by atoms with Crippen LogP contribution in [0.15, 0.2) is 42.5 Å². The normalized spacial score (nSPS) is 13.8. The number of carbonyl (C=O) groups excluding carboxylic acids is 1. The number of hydrogen-bond acceptors (Lipinski definition) is 5. The Morgan fingerprint density at radius 2 is 1.96 bits per heavy atom. The quantitative estimate of drug-likeness (QED) is 0.896. The van der Waals surface area contributed by atoms with Crippen LogP contribution < -0.4 is 14.8 Å². The van der Waals surface area contributed by atoms with Gasteiger partial charge in [-0.1, -0.05) is 18.2 Å². The van der Waals surface area contributed by atoms with E-state index in [1.165, 1.54) is 0 Å². The van der Waals surface area contributed by atoms with E-state index in [2.05, 4.69) is 11.4 Å². The van der Waals surface area contributed by atoms with Crippen LogP contribution in [0.1, 0.15) is 18.1 Å². The molecule has 0 saturated heterocycles. The van der Waals surface area contributed by atoms with Gasteiger partial charge in [-0.25, -0.2) is 0 Å². The molecule has 3 rings (SSSR count). The summed E-state index contributed by atoms with van der Waals surface area (Å²) in [6, 6.07) is 14.5. The van der Waals surface area contributed by atoms with Crippen molar-refractivity contribution in [3.8, 4) is 17.6 Å². The van der Waals surface area contributed by atoms with E-state index in [9.17, 15) is 4.79 Å². The molecule has 0 saturated carbocycles. The molecule has 6 heteroatoms. The number of hydrogen-bond donors (Lipinski definition) is 1. The van der Waals surface area contributed by atoms with Crippen molar-refractivity contribution in [2.45, 2.75) is 19.5 Å². The largest absolute Gasteiger partial charge is 0.486 e. The van der Waals surface area contributed by atoms with Crippen LogP contribution in [0.5, 0.6) is 11.5 Å². The van der Waals surface area contributed by atoms with Crippen molar-refractivity contribution in [2.24, 2.45) is 0 Å². The first-order chi connectivity index (χ1) is 12.6. The summed E-state index contributed by atoms with van der Waals surface area (Å²) in [5, 5.41) is 12.0. The second kappa shape index (κ2) is 7.89. The average Bonchev–Trinajstić information content (AvgIpc) is 2.67. The highest BCUT2D eigenvalue weighted by Crippen LogP contribution is 2.31. The highest BCUT2D eigenvalue weighted by molar-refractivity contribution is 5.95. The number of benzene rings is 2. The predicted octanol–water partition coefficient (Wildman–Crippen LogP) is 2.79. The molecule has 0 spiro atoms. The third-order valence-corrected chi connectivity index (χ3v) is 4.38. The number of rotatable bonds is 5. The number of nitrogens with one attached hydrogen (secondary N) is 1. The van der Waals surface area contributed by atoms with Gasteiger partial charge in [-0.05, 0) is 43.8 Å². The number of amides is 1. The number of nitriles is 1. The maximum absolute atomic E-state index is 12.5. The first-order valence-corrected chi connectivity index (χ1v) is 8.47. The van der Waals surface area contributed by atoms with Gasteiger partial charge < -0.3 is 14.8 Å². The third-order valence-electron chi connectivity index (χ3n) is 4.38. The van der Waals surface area contributed by atoms with Crippen molar-refractivity contribution in [3.63, 3.8) is 0 Å². The summed E-state index contributed by atoms with van der Waals surface area (Å²) in [6.07, 6.45) is 0. The highest BCUT2D eigenvalue weighted by Gasteiger charge is 2.20. The molecule has 2 aromatic rings. The van der Waals surface area contributed by atoms with Crippen LogP contribution in [0.4, 0.5) is 5.69 Å². The molecule has 1 heterocycles. The van der Waals surface area contributed by atoms with E-state index < -0.39 is 0 Å². The molecular weight excluding hydrogens is 330 g/mol. The molecule has 1 aliphatic heterocycles. The Labute approximate surface area is 152 Å². The van der Waals surface area contributed by atoms with Gasteiger partial charge in [-0.3, -0.25) is 9.69 Å². The van der Waals surface area contributed by atoms with Crippen molar-refractivity contribution in [2.75, 3.05) is 25.6 Å². The molecule has 0 radical (unpaired) electrons. The second-order valence-electron chi connectivity index (χ2n) is 6.22. The van der Waals surface area contributed by atoms with Crippen molar-refractivity contribution in [1.82, 2.24) is 4.90 Å². The van der Waals surface area contributed by atoms with E-state index >= 15 is 0 Å². The molecule has 0 aromatic heterocycles. The number of nitrogens with zero attached hydrogens (tertiary/aromatic N) is 2. The maximum atomic E-state index is 12.5. The van der Waals surface area contributed by atoms with E-state index in [0.717, 1.165) is 17.1 Å². The maximum Gasteiger partial charge on any atom is 0.241 e. The summed E-state index contributed by atoms with van der Waals surface area (Å²) in [4.78, 5) is 14.5.